The number of piperidine rings is 1. The van der Waals surface area contributed by atoms with Crippen molar-refractivity contribution in [2.75, 3.05) is 24.6 Å². The number of nitrogens with one attached hydrogen (secondary N) is 1. The molecule has 0 radical (unpaired) electrons. The largest absolute Gasteiger partial charge is 0.358 e. The van der Waals surface area contributed by atoms with Gasteiger partial charge in [-0.25, -0.2) is 8.42 Å². The molecule has 5 nitrogen and oxygen atoms in total. The second-order valence-corrected chi connectivity index (χ2v) is 9.24. The maximum atomic E-state index is 12.5. The second-order valence-electron chi connectivity index (χ2n) is 7.01. The Hall–Kier alpha value is -1.82. The van der Waals surface area contributed by atoms with Crippen LogP contribution in [-0.4, -0.2) is 48.8 Å². The lowest BCUT2D eigenvalue weighted by molar-refractivity contribution is -0.135. The summed E-state index contributed by atoms with van der Waals surface area (Å²) in [6.45, 7) is 1.44. The first-order chi connectivity index (χ1) is 11.5. The number of rotatable bonds is 2. The molecule has 0 aliphatic carbocycles. The summed E-state index contributed by atoms with van der Waals surface area (Å²) in [6.07, 6.45) is 2.35. The lowest BCUT2D eigenvalue weighted by atomic mass is 9.92. The van der Waals surface area contributed by atoms with Crippen LogP contribution in [0.1, 0.15) is 30.9 Å². The van der Waals surface area contributed by atoms with Gasteiger partial charge in [-0.2, -0.15) is 0 Å². The van der Waals surface area contributed by atoms with Crippen molar-refractivity contribution in [1.82, 2.24) is 9.88 Å². The molecule has 128 valence electrons. The van der Waals surface area contributed by atoms with E-state index in [2.05, 4.69) is 23.2 Å². The highest BCUT2D eigenvalue weighted by molar-refractivity contribution is 7.91. The lowest BCUT2D eigenvalue weighted by Crippen LogP contribution is -2.41. The number of aromatic nitrogens is 1. The molecule has 0 bridgehead atoms. The Bertz CT molecular complexity index is 830. The Morgan fingerprint density at radius 1 is 1.12 bits per heavy atom. The normalized spacial score (nSPS) is 24.5. The van der Waals surface area contributed by atoms with Crippen molar-refractivity contribution in [3.8, 4) is 0 Å². The van der Waals surface area contributed by atoms with Crippen LogP contribution in [0.25, 0.3) is 10.9 Å². The van der Waals surface area contributed by atoms with Crippen LogP contribution in [0.5, 0.6) is 0 Å². The van der Waals surface area contributed by atoms with Gasteiger partial charge in [0.2, 0.25) is 5.91 Å². The van der Waals surface area contributed by atoms with Crippen LogP contribution in [0.3, 0.4) is 0 Å². The van der Waals surface area contributed by atoms with Gasteiger partial charge < -0.3 is 9.88 Å². The van der Waals surface area contributed by atoms with Crippen molar-refractivity contribution in [1.29, 1.82) is 0 Å². The SMILES string of the molecule is O=C(C1CCS(=O)(=O)C1)N1CCC(c2cc3ccccc3[nH]2)CC1. The summed E-state index contributed by atoms with van der Waals surface area (Å²) in [6, 6.07) is 10.5. The number of benzene rings is 1. The Morgan fingerprint density at radius 2 is 1.88 bits per heavy atom. The van der Waals surface area contributed by atoms with Gasteiger partial charge in [0.15, 0.2) is 9.84 Å². The van der Waals surface area contributed by atoms with Gasteiger partial charge in [-0.1, -0.05) is 18.2 Å². The summed E-state index contributed by atoms with van der Waals surface area (Å²) < 4.78 is 23.2. The second kappa shape index (κ2) is 5.92. The Morgan fingerprint density at radius 3 is 2.54 bits per heavy atom. The molecule has 2 aliphatic rings. The average Bonchev–Trinajstić information content (AvgIpc) is 3.17. The maximum absolute atomic E-state index is 12.5. The van der Waals surface area contributed by atoms with E-state index in [-0.39, 0.29) is 23.3 Å². The van der Waals surface area contributed by atoms with Crippen molar-refractivity contribution in [2.24, 2.45) is 5.92 Å². The summed E-state index contributed by atoms with van der Waals surface area (Å²) in [5.74, 6) is 0.350. The predicted octanol–water partition coefficient (Wildman–Crippen LogP) is 2.31. The highest BCUT2D eigenvalue weighted by Crippen LogP contribution is 2.31. The zero-order chi connectivity index (χ0) is 16.7. The number of amides is 1. The zero-order valence-corrected chi connectivity index (χ0v) is 14.4. The predicted molar refractivity (Wildman–Crippen MR) is 93.6 cm³/mol. The van der Waals surface area contributed by atoms with Crippen molar-refractivity contribution in [3.63, 3.8) is 0 Å². The van der Waals surface area contributed by atoms with Gasteiger partial charge in [0, 0.05) is 30.2 Å². The van der Waals surface area contributed by atoms with E-state index < -0.39 is 9.84 Å². The molecule has 2 aromatic rings. The molecule has 4 rings (SSSR count). The number of aromatic amines is 1. The lowest BCUT2D eigenvalue weighted by Gasteiger charge is -2.33. The number of likely N-dealkylation sites (tertiary alicyclic amines) is 1. The number of carbonyl (C=O) groups excluding carboxylic acids is 1. The fraction of sp³-hybridized carbons (Fsp3) is 0.500. The number of nitrogens with zero attached hydrogens (tertiary/aromatic N) is 1. The van der Waals surface area contributed by atoms with E-state index in [0.717, 1.165) is 31.4 Å². The smallest absolute Gasteiger partial charge is 0.226 e. The highest BCUT2D eigenvalue weighted by Gasteiger charge is 2.36. The van der Waals surface area contributed by atoms with Crippen LogP contribution in [0.4, 0.5) is 0 Å². The van der Waals surface area contributed by atoms with Gasteiger partial charge >= 0.3 is 0 Å². The van der Waals surface area contributed by atoms with Gasteiger partial charge in [-0.05, 0) is 36.8 Å². The summed E-state index contributed by atoms with van der Waals surface area (Å²) in [5, 5.41) is 1.22. The van der Waals surface area contributed by atoms with Crippen LogP contribution >= 0.6 is 0 Å². The van der Waals surface area contributed by atoms with E-state index in [1.165, 1.54) is 11.1 Å². The molecule has 2 saturated heterocycles. The summed E-state index contributed by atoms with van der Waals surface area (Å²) in [7, 11) is -3.00. The molecule has 0 spiro atoms. The van der Waals surface area contributed by atoms with E-state index in [4.69, 9.17) is 0 Å². The molecule has 1 unspecified atom stereocenters. The van der Waals surface area contributed by atoms with Crippen molar-refractivity contribution in [3.05, 3.63) is 36.0 Å². The summed E-state index contributed by atoms with van der Waals surface area (Å²) in [4.78, 5) is 17.9. The highest BCUT2D eigenvalue weighted by atomic mass is 32.2. The molecule has 0 saturated carbocycles. The Kier molecular flexibility index (Phi) is 3.87. The van der Waals surface area contributed by atoms with Gasteiger partial charge in [0.25, 0.3) is 0 Å². The topological polar surface area (TPSA) is 70.2 Å². The van der Waals surface area contributed by atoms with Gasteiger partial charge in [-0.15, -0.1) is 0 Å². The first-order valence-corrected chi connectivity index (χ1v) is 10.4. The molecule has 1 amide bonds. The molecule has 6 heteroatoms. The minimum atomic E-state index is -3.00. The maximum Gasteiger partial charge on any atom is 0.226 e. The van der Waals surface area contributed by atoms with Crippen LogP contribution in [0.2, 0.25) is 0 Å². The van der Waals surface area contributed by atoms with Crippen LogP contribution in [0, 0.1) is 5.92 Å². The van der Waals surface area contributed by atoms with E-state index >= 15 is 0 Å². The average molecular weight is 346 g/mol. The summed E-state index contributed by atoms with van der Waals surface area (Å²) in [5.41, 5.74) is 2.40. The van der Waals surface area contributed by atoms with Crippen LogP contribution < -0.4 is 0 Å². The Balaban J connectivity index is 1.40. The van der Waals surface area contributed by atoms with Crippen LogP contribution in [-0.2, 0) is 14.6 Å². The molecular formula is C18H22N2O3S. The standard InChI is InChI=1S/C18H22N2O3S/c21-18(15-7-10-24(22,23)12-15)20-8-5-13(6-9-20)17-11-14-3-1-2-4-16(14)19-17/h1-4,11,13,15,19H,5-10,12H2. The number of H-pyrrole nitrogens is 1. The fourth-order valence-electron chi connectivity index (χ4n) is 3.97. The number of carbonyl (C=O) groups is 1. The molecule has 1 N–H and O–H groups in total. The minimum Gasteiger partial charge on any atom is -0.358 e. The quantitative estimate of drug-likeness (QED) is 0.907. The van der Waals surface area contributed by atoms with Gasteiger partial charge in [0.1, 0.15) is 0 Å². The molecule has 3 heterocycles. The monoisotopic (exact) mass is 346 g/mol. The third kappa shape index (κ3) is 2.95. The van der Waals surface area contributed by atoms with E-state index in [1.807, 2.05) is 17.0 Å². The van der Waals surface area contributed by atoms with E-state index in [0.29, 0.717) is 12.3 Å². The first-order valence-electron chi connectivity index (χ1n) is 8.59. The van der Waals surface area contributed by atoms with Crippen molar-refractivity contribution < 1.29 is 13.2 Å². The third-order valence-corrected chi connectivity index (χ3v) is 7.15. The number of fused-ring (bicyclic) bond motifs is 1. The minimum absolute atomic E-state index is 0.0335. The first kappa shape index (κ1) is 15.7. The molecule has 2 fully saturated rings. The third-order valence-electron chi connectivity index (χ3n) is 5.38. The molecule has 24 heavy (non-hydrogen) atoms. The van der Waals surface area contributed by atoms with Gasteiger partial charge in [0.05, 0.1) is 17.4 Å². The Labute approximate surface area is 142 Å². The molecule has 2 aliphatic heterocycles. The number of sulfone groups is 1. The number of hydrogen-bond donors (Lipinski definition) is 1. The zero-order valence-electron chi connectivity index (χ0n) is 13.6. The van der Waals surface area contributed by atoms with Crippen molar-refractivity contribution >= 4 is 26.6 Å². The number of para-hydroxylation sites is 1. The molecular weight excluding hydrogens is 324 g/mol. The van der Waals surface area contributed by atoms with E-state index in [9.17, 15) is 13.2 Å². The van der Waals surface area contributed by atoms with Crippen molar-refractivity contribution in [2.45, 2.75) is 25.2 Å². The number of hydrogen-bond acceptors (Lipinski definition) is 3. The van der Waals surface area contributed by atoms with Gasteiger partial charge in [-0.3, -0.25) is 4.79 Å². The van der Waals surface area contributed by atoms with E-state index in [1.54, 1.807) is 0 Å². The van der Waals surface area contributed by atoms with Crippen LogP contribution in [0.15, 0.2) is 30.3 Å². The summed E-state index contributed by atoms with van der Waals surface area (Å²) >= 11 is 0. The molecule has 1 aromatic heterocycles. The molecule has 1 atom stereocenters. The fourth-order valence-corrected chi connectivity index (χ4v) is 5.71. The molecule has 1 aromatic carbocycles.